The van der Waals surface area contributed by atoms with Gasteiger partial charge in [-0.15, -0.1) is 0 Å². The molecule has 0 aromatic heterocycles. The summed E-state index contributed by atoms with van der Waals surface area (Å²) in [6.07, 6.45) is 5.20. The Morgan fingerprint density at radius 1 is 0.963 bits per heavy atom. The quantitative estimate of drug-likeness (QED) is 0.768. The summed E-state index contributed by atoms with van der Waals surface area (Å²) in [4.78, 5) is 14.6. The third-order valence-corrected chi connectivity index (χ3v) is 4.99. The zero-order valence-corrected chi connectivity index (χ0v) is 16.2. The SMILES string of the molecule is CCOc1ccc(CC(=O)NCCc2ccc(N3CCCCC3)cc2)cc1. The number of piperidine rings is 1. The molecule has 1 saturated heterocycles. The molecule has 2 aromatic carbocycles. The fraction of sp³-hybridized carbons (Fsp3) is 0.435. The molecule has 0 bridgehead atoms. The molecule has 2 aromatic rings. The van der Waals surface area contributed by atoms with E-state index in [0.29, 0.717) is 19.6 Å². The zero-order valence-electron chi connectivity index (χ0n) is 16.2. The number of rotatable bonds is 8. The van der Waals surface area contributed by atoms with Crippen LogP contribution < -0.4 is 15.0 Å². The van der Waals surface area contributed by atoms with Gasteiger partial charge in [0.05, 0.1) is 13.0 Å². The van der Waals surface area contributed by atoms with Gasteiger partial charge in [0, 0.05) is 25.3 Å². The Hall–Kier alpha value is -2.49. The second-order valence-corrected chi connectivity index (χ2v) is 7.07. The van der Waals surface area contributed by atoms with Crippen LogP contribution >= 0.6 is 0 Å². The highest BCUT2D eigenvalue weighted by Crippen LogP contribution is 2.20. The van der Waals surface area contributed by atoms with Crippen LogP contribution in [0.5, 0.6) is 5.75 Å². The molecule has 1 amide bonds. The summed E-state index contributed by atoms with van der Waals surface area (Å²) >= 11 is 0. The molecule has 4 heteroatoms. The van der Waals surface area contributed by atoms with Crippen LogP contribution in [0.25, 0.3) is 0 Å². The Bertz CT molecular complexity index is 704. The van der Waals surface area contributed by atoms with E-state index < -0.39 is 0 Å². The molecule has 1 fully saturated rings. The first-order valence-electron chi connectivity index (χ1n) is 10.1. The first kappa shape index (κ1) is 19.3. The van der Waals surface area contributed by atoms with Crippen molar-refractivity contribution in [2.45, 2.75) is 39.0 Å². The summed E-state index contributed by atoms with van der Waals surface area (Å²) in [7, 11) is 0. The minimum Gasteiger partial charge on any atom is -0.494 e. The van der Waals surface area contributed by atoms with Gasteiger partial charge >= 0.3 is 0 Å². The molecule has 27 heavy (non-hydrogen) atoms. The van der Waals surface area contributed by atoms with Crippen molar-refractivity contribution >= 4 is 11.6 Å². The van der Waals surface area contributed by atoms with Gasteiger partial charge in [-0.3, -0.25) is 4.79 Å². The Balaban J connectivity index is 1.40. The van der Waals surface area contributed by atoms with Gasteiger partial charge in [0.25, 0.3) is 0 Å². The maximum Gasteiger partial charge on any atom is 0.224 e. The lowest BCUT2D eigenvalue weighted by Crippen LogP contribution is -2.29. The summed E-state index contributed by atoms with van der Waals surface area (Å²) in [5.74, 6) is 0.902. The lowest BCUT2D eigenvalue weighted by Gasteiger charge is -2.28. The Kier molecular flexibility index (Phi) is 7.14. The molecule has 4 nitrogen and oxygen atoms in total. The van der Waals surface area contributed by atoms with Crippen LogP contribution in [0.4, 0.5) is 5.69 Å². The normalized spacial score (nSPS) is 14.0. The van der Waals surface area contributed by atoms with Crippen molar-refractivity contribution in [2.24, 2.45) is 0 Å². The van der Waals surface area contributed by atoms with Crippen molar-refractivity contribution in [2.75, 3.05) is 31.1 Å². The van der Waals surface area contributed by atoms with Crippen LogP contribution in [-0.4, -0.2) is 32.1 Å². The van der Waals surface area contributed by atoms with Gasteiger partial charge in [-0.05, 0) is 68.0 Å². The molecule has 144 valence electrons. The topological polar surface area (TPSA) is 41.6 Å². The minimum absolute atomic E-state index is 0.0593. The molecule has 0 saturated carbocycles. The standard InChI is InChI=1S/C23H30N2O2/c1-2-27-22-12-8-20(9-13-22)18-23(26)24-15-14-19-6-10-21(11-7-19)25-16-4-3-5-17-25/h6-13H,2-5,14-18H2,1H3,(H,24,26). The maximum absolute atomic E-state index is 12.1. The van der Waals surface area contributed by atoms with E-state index >= 15 is 0 Å². The molecule has 3 rings (SSSR count). The predicted molar refractivity (Wildman–Crippen MR) is 111 cm³/mol. The van der Waals surface area contributed by atoms with Gasteiger partial charge in [-0.25, -0.2) is 0 Å². The maximum atomic E-state index is 12.1. The number of anilines is 1. The molecule has 1 aliphatic heterocycles. The summed E-state index contributed by atoms with van der Waals surface area (Å²) in [6, 6.07) is 16.5. The minimum atomic E-state index is 0.0593. The number of hydrogen-bond donors (Lipinski definition) is 1. The van der Waals surface area contributed by atoms with E-state index in [1.807, 2.05) is 31.2 Å². The van der Waals surface area contributed by atoms with Crippen LogP contribution in [0.2, 0.25) is 0 Å². The summed E-state index contributed by atoms with van der Waals surface area (Å²) in [5.41, 5.74) is 3.58. The molecule has 0 atom stereocenters. The summed E-state index contributed by atoms with van der Waals surface area (Å²) in [5, 5.41) is 3.02. The van der Waals surface area contributed by atoms with E-state index in [2.05, 4.69) is 34.5 Å². The Morgan fingerprint density at radius 3 is 2.30 bits per heavy atom. The molecule has 0 aliphatic carbocycles. The van der Waals surface area contributed by atoms with Gasteiger partial charge in [-0.1, -0.05) is 24.3 Å². The van der Waals surface area contributed by atoms with Crippen LogP contribution in [-0.2, 0) is 17.6 Å². The first-order valence-corrected chi connectivity index (χ1v) is 10.1. The zero-order chi connectivity index (χ0) is 18.9. The average Bonchev–Trinajstić information content (AvgIpc) is 2.71. The van der Waals surface area contributed by atoms with E-state index in [4.69, 9.17) is 4.74 Å². The van der Waals surface area contributed by atoms with E-state index in [-0.39, 0.29) is 5.91 Å². The Morgan fingerprint density at radius 2 is 1.63 bits per heavy atom. The monoisotopic (exact) mass is 366 g/mol. The van der Waals surface area contributed by atoms with Gasteiger partial charge in [0.1, 0.15) is 5.75 Å². The van der Waals surface area contributed by atoms with E-state index in [1.54, 1.807) is 0 Å². The van der Waals surface area contributed by atoms with Crippen LogP contribution in [0.1, 0.15) is 37.3 Å². The van der Waals surface area contributed by atoms with Gasteiger partial charge < -0.3 is 15.0 Å². The molecule has 1 aliphatic rings. The van der Waals surface area contributed by atoms with Crippen molar-refractivity contribution in [1.82, 2.24) is 5.32 Å². The molecule has 1 N–H and O–H groups in total. The molecule has 0 unspecified atom stereocenters. The van der Waals surface area contributed by atoms with E-state index in [0.717, 1.165) is 17.7 Å². The number of nitrogens with one attached hydrogen (secondary N) is 1. The Labute approximate surface area is 162 Å². The molecule has 1 heterocycles. The van der Waals surface area contributed by atoms with Gasteiger partial charge in [0.15, 0.2) is 0 Å². The third-order valence-electron chi connectivity index (χ3n) is 4.99. The molecular formula is C23H30N2O2. The van der Waals surface area contributed by atoms with E-state index in [9.17, 15) is 4.79 Å². The van der Waals surface area contributed by atoms with Crippen LogP contribution in [0, 0.1) is 0 Å². The van der Waals surface area contributed by atoms with Gasteiger partial charge in [0.2, 0.25) is 5.91 Å². The van der Waals surface area contributed by atoms with Crippen molar-refractivity contribution in [3.05, 3.63) is 59.7 Å². The van der Waals surface area contributed by atoms with Crippen molar-refractivity contribution in [3.63, 3.8) is 0 Å². The van der Waals surface area contributed by atoms with Gasteiger partial charge in [-0.2, -0.15) is 0 Å². The molecular weight excluding hydrogens is 336 g/mol. The summed E-state index contributed by atoms with van der Waals surface area (Å²) in [6.45, 7) is 5.61. The second-order valence-electron chi connectivity index (χ2n) is 7.07. The van der Waals surface area contributed by atoms with Crippen LogP contribution in [0.3, 0.4) is 0 Å². The van der Waals surface area contributed by atoms with Crippen molar-refractivity contribution in [3.8, 4) is 5.75 Å². The number of carbonyl (C=O) groups is 1. The fourth-order valence-corrected chi connectivity index (χ4v) is 3.49. The fourth-order valence-electron chi connectivity index (χ4n) is 3.49. The molecule has 0 radical (unpaired) electrons. The second kappa shape index (κ2) is 10.0. The highest BCUT2D eigenvalue weighted by molar-refractivity contribution is 5.78. The van der Waals surface area contributed by atoms with Crippen molar-refractivity contribution in [1.29, 1.82) is 0 Å². The van der Waals surface area contributed by atoms with E-state index in [1.165, 1.54) is 43.6 Å². The smallest absolute Gasteiger partial charge is 0.224 e. The lowest BCUT2D eigenvalue weighted by molar-refractivity contribution is -0.120. The summed E-state index contributed by atoms with van der Waals surface area (Å²) < 4.78 is 5.42. The predicted octanol–water partition coefficient (Wildman–Crippen LogP) is 3.98. The first-order chi connectivity index (χ1) is 13.2. The molecule has 0 spiro atoms. The van der Waals surface area contributed by atoms with Crippen molar-refractivity contribution < 1.29 is 9.53 Å². The highest BCUT2D eigenvalue weighted by atomic mass is 16.5. The van der Waals surface area contributed by atoms with Crippen LogP contribution in [0.15, 0.2) is 48.5 Å². The average molecular weight is 367 g/mol. The number of benzene rings is 2. The number of carbonyl (C=O) groups excluding carboxylic acids is 1. The lowest BCUT2D eigenvalue weighted by atomic mass is 10.1. The highest BCUT2D eigenvalue weighted by Gasteiger charge is 2.10. The number of amides is 1. The third kappa shape index (κ3) is 6.02. The number of hydrogen-bond acceptors (Lipinski definition) is 3. The number of ether oxygens (including phenoxy) is 1. The largest absolute Gasteiger partial charge is 0.494 e. The number of nitrogens with zero attached hydrogens (tertiary/aromatic N) is 1.